The summed E-state index contributed by atoms with van der Waals surface area (Å²) < 4.78 is 9.92. The van der Waals surface area contributed by atoms with Crippen molar-refractivity contribution in [3.8, 4) is 0 Å². The van der Waals surface area contributed by atoms with Crippen LogP contribution in [0.5, 0.6) is 0 Å². The van der Waals surface area contributed by atoms with E-state index in [1.165, 1.54) is 21.0 Å². The summed E-state index contributed by atoms with van der Waals surface area (Å²) in [5.74, 6) is -1.26. The number of amides is 1. The van der Waals surface area contributed by atoms with Gasteiger partial charge in [-0.05, 0) is 19.4 Å². The Bertz CT molecular complexity index is 474. The third-order valence-electron chi connectivity index (χ3n) is 2.85. The number of hydrogen-bond acceptors (Lipinski definition) is 5. The summed E-state index contributed by atoms with van der Waals surface area (Å²) in [4.78, 5) is 27.4. The van der Waals surface area contributed by atoms with Crippen LogP contribution in [0.15, 0.2) is 30.3 Å². The van der Waals surface area contributed by atoms with Gasteiger partial charge in [-0.1, -0.05) is 30.3 Å². The highest BCUT2D eigenvalue weighted by Crippen LogP contribution is 2.16. The van der Waals surface area contributed by atoms with Gasteiger partial charge in [-0.2, -0.15) is 5.48 Å². The molecule has 0 radical (unpaired) electrons. The van der Waals surface area contributed by atoms with E-state index in [0.29, 0.717) is 0 Å². The lowest BCUT2D eigenvalue weighted by molar-refractivity contribution is -0.180. The number of ether oxygens (including phenoxy) is 2. The number of hydroxylamine groups is 1. The second-order valence-corrected chi connectivity index (χ2v) is 4.81. The molecule has 0 saturated carbocycles. The van der Waals surface area contributed by atoms with Crippen LogP contribution in [0.25, 0.3) is 0 Å². The van der Waals surface area contributed by atoms with Crippen molar-refractivity contribution in [2.24, 2.45) is 0 Å². The number of carboxylic acid groups (broad SMARTS) is 1. The second-order valence-electron chi connectivity index (χ2n) is 4.81. The number of carbonyl (C=O) groups excluding carboxylic acids is 1. The number of aliphatic carboxylic acids is 1. The van der Waals surface area contributed by atoms with Gasteiger partial charge in [0.2, 0.25) is 6.10 Å². The van der Waals surface area contributed by atoms with Crippen LogP contribution in [0.4, 0.5) is 4.79 Å². The van der Waals surface area contributed by atoms with Gasteiger partial charge in [0.1, 0.15) is 12.2 Å². The molecule has 2 N–H and O–H groups in total. The normalized spacial score (nSPS) is 12.5. The van der Waals surface area contributed by atoms with E-state index in [4.69, 9.17) is 19.4 Å². The Kier molecular flexibility index (Phi) is 6.13. The minimum atomic E-state index is -1.37. The van der Waals surface area contributed by atoms with Gasteiger partial charge in [-0.15, -0.1) is 0 Å². The van der Waals surface area contributed by atoms with E-state index < -0.39 is 23.8 Å². The number of benzene rings is 1. The van der Waals surface area contributed by atoms with Crippen molar-refractivity contribution >= 4 is 12.1 Å². The Balaban J connectivity index is 2.45. The smallest absolute Gasteiger partial charge is 0.431 e. The summed E-state index contributed by atoms with van der Waals surface area (Å²) in [6.45, 7) is 3.12. The van der Waals surface area contributed by atoms with Gasteiger partial charge in [0, 0.05) is 7.11 Å². The zero-order valence-electron chi connectivity index (χ0n) is 12.2. The topological polar surface area (TPSA) is 94.1 Å². The molecule has 1 unspecified atom stereocenters. The maximum Gasteiger partial charge on any atom is 0.431 e. The molecule has 1 rings (SSSR count). The van der Waals surface area contributed by atoms with E-state index in [1.807, 2.05) is 23.7 Å². The van der Waals surface area contributed by atoms with Crippen LogP contribution in [0.2, 0.25) is 0 Å². The minimum Gasteiger partial charge on any atom is -0.479 e. The molecule has 1 aromatic rings. The molecule has 0 aliphatic rings. The van der Waals surface area contributed by atoms with Crippen LogP contribution in [0, 0.1) is 0 Å². The maximum atomic E-state index is 11.5. The van der Waals surface area contributed by atoms with Gasteiger partial charge in [-0.25, -0.2) is 9.59 Å². The van der Waals surface area contributed by atoms with E-state index in [9.17, 15) is 9.59 Å². The zero-order chi connectivity index (χ0) is 15.9. The first-order valence-corrected chi connectivity index (χ1v) is 6.27. The summed E-state index contributed by atoms with van der Waals surface area (Å²) >= 11 is 0. The average molecular weight is 297 g/mol. The Labute approximate surface area is 122 Å². The molecule has 7 heteroatoms. The fraction of sp³-hybridized carbons (Fsp3) is 0.429. The van der Waals surface area contributed by atoms with Gasteiger partial charge < -0.3 is 14.6 Å². The highest BCUT2D eigenvalue weighted by atomic mass is 16.7. The van der Waals surface area contributed by atoms with E-state index in [0.717, 1.165) is 5.56 Å². The number of carbonyl (C=O) groups is 2. The van der Waals surface area contributed by atoms with E-state index in [-0.39, 0.29) is 6.61 Å². The molecule has 1 aromatic carbocycles. The molecular formula is C14H19NO6. The molecule has 21 heavy (non-hydrogen) atoms. The van der Waals surface area contributed by atoms with E-state index in [2.05, 4.69) is 0 Å². The quantitative estimate of drug-likeness (QED) is 0.744. The first-order chi connectivity index (χ1) is 9.86. The van der Waals surface area contributed by atoms with Crippen LogP contribution in [-0.4, -0.2) is 36.0 Å². The summed E-state index contributed by atoms with van der Waals surface area (Å²) in [5.41, 5.74) is 1.65. The van der Waals surface area contributed by atoms with Gasteiger partial charge in [0.05, 0.1) is 0 Å². The van der Waals surface area contributed by atoms with Crippen molar-refractivity contribution in [2.45, 2.75) is 32.2 Å². The zero-order valence-corrected chi connectivity index (χ0v) is 12.2. The lowest BCUT2D eigenvalue weighted by Gasteiger charge is -2.28. The molecule has 0 fully saturated rings. The molecule has 0 aromatic heterocycles. The molecule has 0 saturated heterocycles. The first kappa shape index (κ1) is 16.9. The molecule has 0 bridgehead atoms. The van der Waals surface area contributed by atoms with Gasteiger partial charge in [0.25, 0.3) is 0 Å². The summed E-state index contributed by atoms with van der Waals surface area (Å²) in [7, 11) is 1.35. The average Bonchev–Trinajstić information content (AvgIpc) is 2.45. The number of carboxylic acids is 1. The summed E-state index contributed by atoms with van der Waals surface area (Å²) in [5, 5.41) is 9.06. The van der Waals surface area contributed by atoms with Crippen molar-refractivity contribution < 1.29 is 29.0 Å². The third kappa shape index (κ3) is 5.41. The largest absolute Gasteiger partial charge is 0.479 e. The van der Waals surface area contributed by atoms with Crippen molar-refractivity contribution in [3.05, 3.63) is 35.9 Å². The molecule has 0 aliphatic carbocycles. The molecule has 0 aliphatic heterocycles. The fourth-order valence-electron chi connectivity index (χ4n) is 1.46. The van der Waals surface area contributed by atoms with Crippen molar-refractivity contribution in [1.82, 2.24) is 5.48 Å². The Morgan fingerprint density at radius 3 is 2.43 bits per heavy atom. The van der Waals surface area contributed by atoms with Crippen LogP contribution < -0.4 is 5.48 Å². The van der Waals surface area contributed by atoms with Crippen LogP contribution in [-0.2, 0) is 25.7 Å². The predicted octanol–water partition coefficient (Wildman–Crippen LogP) is 1.72. The van der Waals surface area contributed by atoms with Crippen molar-refractivity contribution in [1.29, 1.82) is 0 Å². The SMILES string of the molecule is COC(C)(C)C(ONC(=O)OCc1ccccc1)C(=O)O. The molecule has 1 atom stereocenters. The Hall–Kier alpha value is -2.12. The van der Waals surface area contributed by atoms with Crippen LogP contribution in [0.1, 0.15) is 19.4 Å². The third-order valence-corrected chi connectivity index (χ3v) is 2.85. The van der Waals surface area contributed by atoms with Gasteiger partial charge in [0.15, 0.2) is 0 Å². The number of methoxy groups -OCH3 is 1. The van der Waals surface area contributed by atoms with E-state index >= 15 is 0 Å². The molecule has 116 valence electrons. The molecule has 0 spiro atoms. The predicted molar refractivity (Wildman–Crippen MR) is 73.4 cm³/mol. The number of hydrogen-bond donors (Lipinski definition) is 2. The number of nitrogens with one attached hydrogen (secondary N) is 1. The first-order valence-electron chi connectivity index (χ1n) is 6.27. The molecule has 0 heterocycles. The molecule has 7 nitrogen and oxygen atoms in total. The second kappa shape index (κ2) is 7.61. The lowest BCUT2D eigenvalue weighted by atomic mass is 10.0. The van der Waals surface area contributed by atoms with E-state index in [1.54, 1.807) is 12.1 Å². The monoisotopic (exact) mass is 297 g/mol. The highest BCUT2D eigenvalue weighted by Gasteiger charge is 2.37. The Morgan fingerprint density at radius 2 is 1.90 bits per heavy atom. The maximum absolute atomic E-state index is 11.5. The summed E-state index contributed by atoms with van der Waals surface area (Å²) in [6.07, 6.45) is -2.25. The number of rotatable bonds is 7. The van der Waals surface area contributed by atoms with Gasteiger partial charge in [-0.3, -0.25) is 4.84 Å². The summed E-state index contributed by atoms with van der Waals surface area (Å²) in [6, 6.07) is 9.06. The Morgan fingerprint density at radius 1 is 1.29 bits per heavy atom. The lowest BCUT2D eigenvalue weighted by Crippen LogP contribution is -2.49. The standard InChI is InChI=1S/C14H19NO6/c1-14(2,19-3)11(12(16)17)21-15-13(18)20-9-10-7-5-4-6-8-10/h4-8,11H,9H2,1-3H3,(H,15,18)(H,16,17). The molecule has 1 amide bonds. The fourth-order valence-corrected chi connectivity index (χ4v) is 1.46. The van der Waals surface area contributed by atoms with Crippen LogP contribution in [0.3, 0.4) is 0 Å². The van der Waals surface area contributed by atoms with Crippen molar-refractivity contribution in [3.63, 3.8) is 0 Å². The van der Waals surface area contributed by atoms with Crippen molar-refractivity contribution in [2.75, 3.05) is 7.11 Å². The molecular weight excluding hydrogens is 278 g/mol. The van der Waals surface area contributed by atoms with Crippen LogP contribution >= 0.6 is 0 Å². The van der Waals surface area contributed by atoms with Gasteiger partial charge >= 0.3 is 12.1 Å². The minimum absolute atomic E-state index is 0.0570. The highest BCUT2D eigenvalue weighted by molar-refractivity contribution is 5.74.